The van der Waals surface area contributed by atoms with Gasteiger partial charge < -0.3 is 15.2 Å². The molecule has 0 aliphatic carbocycles. The predicted molar refractivity (Wildman–Crippen MR) is 82.5 cm³/mol. The molecule has 106 valence electrons. The lowest BCUT2D eigenvalue weighted by Gasteiger charge is -2.14. The van der Waals surface area contributed by atoms with Crippen molar-refractivity contribution in [3.05, 3.63) is 47.5 Å². The van der Waals surface area contributed by atoms with Crippen LogP contribution in [0.5, 0.6) is 0 Å². The van der Waals surface area contributed by atoms with Gasteiger partial charge in [0, 0.05) is 29.5 Å². The fourth-order valence-electron chi connectivity index (χ4n) is 1.80. The molecule has 0 saturated heterocycles. The average Bonchev–Trinajstić information content (AvgIpc) is 2.92. The minimum Gasteiger partial charge on any atom is -0.336 e. The fraction of sp³-hybridized carbons (Fsp3) is 0.286. The number of rotatable bonds is 6. The lowest BCUT2D eigenvalue weighted by molar-refractivity contribution is -0.115. The number of hydrogen-bond donors (Lipinski definition) is 2. The summed E-state index contributed by atoms with van der Waals surface area (Å²) < 4.78 is 2.85. The third-order valence-corrected chi connectivity index (χ3v) is 3.49. The minimum absolute atomic E-state index is 0.0608. The number of nitrogens with one attached hydrogen (secondary N) is 2. The van der Waals surface area contributed by atoms with Gasteiger partial charge in [-0.3, -0.25) is 4.79 Å². The molecule has 0 fully saturated rings. The first-order chi connectivity index (χ1) is 9.65. The standard InChI is InChI=1S/C14H17BrN4O/c1-11(9-19-7-6-16-10-19)17-8-14(20)18-13-5-3-2-4-12(13)15/h2-7,10-11,17H,8-9H2,1H3,(H,18,20). The zero-order valence-corrected chi connectivity index (χ0v) is 12.8. The average molecular weight is 337 g/mol. The second-order valence-corrected chi connectivity index (χ2v) is 5.42. The van der Waals surface area contributed by atoms with Gasteiger partial charge in [0.05, 0.1) is 18.6 Å². The van der Waals surface area contributed by atoms with Crippen LogP contribution in [0.3, 0.4) is 0 Å². The van der Waals surface area contributed by atoms with Gasteiger partial charge in [0.15, 0.2) is 0 Å². The number of anilines is 1. The molecule has 2 rings (SSSR count). The van der Waals surface area contributed by atoms with Gasteiger partial charge in [-0.05, 0) is 35.0 Å². The largest absolute Gasteiger partial charge is 0.336 e. The topological polar surface area (TPSA) is 59.0 Å². The van der Waals surface area contributed by atoms with Gasteiger partial charge in [-0.1, -0.05) is 12.1 Å². The summed E-state index contributed by atoms with van der Waals surface area (Å²) in [6.07, 6.45) is 5.41. The second kappa shape index (κ2) is 7.21. The van der Waals surface area contributed by atoms with Gasteiger partial charge in [0.2, 0.25) is 5.91 Å². The molecule has 1 atom stereocenters. The van der Waals surface area contributed by atoms with Crippen molar-refractivity contribution in [1.29, 1.82) is 0 Å². The van der Waals surface area contributed by atoms with Crippen LogP contribution in [-0.2, 0) is 11.3 Å². The van der Waals surface area contributed by atoms with Crippen molar-refractivity contribution in [1.82, 2.24) is 14.9 Å². The maximum atomic E-state index is 11.9. The minimum atomic E-state index is -0.0608. The van der Waals surface area contributed by atoms with Gasteiger partial charge in [0.25, 0.3) is 0 Å². The highest BCUT2D eigenvalue weighted by atomic mass is 79.9. The smallest absolute Gasteiger partial charge is 0.238 e. The summed E-state index contributed by atoms with van der Waals surface area (Å²) in [6.45, 7) is 3.09. The summed E-state index contributed by atoms with van der Waals surface area (Å²) >= 11 is 3.40. The van der Waals surface area contributed by atoms with Gasteiger partial charge in [-0.15, -0.1) is 0 Å². The number of para-hydroxylation sites is 1. The molecule has 20 heavy (non-hydrogen) atoms. The molecule has 1 aromatic carbocycles. The van der Waals surface area contributed by atoms with E-state index < -0.39 is 0 Å². The number of benzene rings is 1. The molecule has 0 aliphatic heterocycles. The van der Waals surface area contributed by atoms with E-state index in [1.165, 1.54) is 0 Å². The summed E-state index contributed by atoms with van der Waals surface area (Å²) in [4.78, 5) is 15.8. The van der Waals surface area contributed by atoms with Crippen molar-refractivity contribution in [3.63, 3.8) is 0 Å². The van der Waals surface area contributed by atoms with Crippen LogP contribution in [0.4, 0.5) is 5.69 Å². The number of aromatic nitrogens is 2. The first-order valence-corrected chi connectivity index (χ1v) is 7.18. The number of amides is 1. The molecule has 0 spiro atoms. The first kappa shape index (κ1) is 14.7. The molecule has 0 aliphatic rings. The molecule has 0 radical (unpaired) electrons. The molecule has 0 bridgehead atoms. The zero-order chi connectivity index (χ0) is 14.4. The van der Waals surface area contributed by atoms with Crippen molar-refractivity contribution < 1.29 is 4.79 Å². The van der Waals surface area contributed by atoms with E-state index in [0.29, 0.717) is 0 Å². The number of hydrogen-bond acceptors (Lipinski definition) is 3. The number of imidazole rings is 1. The van der Waals surface area contributed by atoms with Crippen molar-refractivity contribution in [3.8, 4) is 0 Å². The second-order valence-electron chi connectivity index (χ2n) is 4.57. The molecule has 2 aromatic rings. The van der Waals surface area contributed by atoms with E-state index >= 15 is 0 Å². The van der Waals surface area contributed by atoms with E-state index in [0.717, 1.165) is 16.7 Å². The molecule has 1 amide bonds. The Morgan fingerprint density at radius 1 is 1.45 bits per heavy atom. The zero-order valence-electron chi connectivity index (χ0n) is 11.2. The Morgan fingerprint density at radius 3 is 2.95 bits per heavy atom. The fourth-order valence-corrected chi connectivity index (χ4v) is 2.18. The summed E-state index contributed by atoms with van der Waals surface area (Å²) in [5, 5.41) is 6.04. The van der Waals surface area contributed by atoms with Gasteiger partial charge in [-0.25, -0.2) is 4.98 Å². The Kier molecular flexibility index (Phi) is 5.31. The van der Waals surface area contributed by atoms with E-state index in [2.05, 4.69) is 31.5 Å². The highest BCUT2D eigenvalue weighted by Crippen LogP contribution is 2.20. The Balaban J connectivity index is 1.76. The molecule has 1 aromatic heterocycles. The molecule has 5 nitrogen and oxygen atoms in total. The van der Waals surface area contributed by atoms with Crippen LogP contribution in [0.15, 0.2) is 47.5 Å². The molecule has 1 unspecified atom stereocenters. The van der Waals surface area contributed by atoms with E-state index in [9.17, 15) is 4.79 Å². The monoisotopic (exact) mass is 336 g/mol. The van der Waals surface area contributed by atoms with Gasteiger partial charge in [0.1, 0.15) is 0 Å². The van der Waals surface area contributed by atoms with Crippen molar-refractivity contribution in [2.45, 2.75) is 19.5 Å². The normalized spacial score (nSPS) is 12.1. The number of carbonyl (C=O) groups excluding carboxylic acids is 1. The third-order valence-electron chi connectivity index (χ3n) is 2.80. The van der Waals surface area contributed by atoms with Crippen molar-refractivity contribution in [2.75, 3.05) is 11.9 Å². The van der Waals surface area contributed by atoms with Crippen molar-refractivity contribution in [2.24, 2.45) is 0 Å². The number of carbonyl (C=O) groups is 1. The number of halogens is 1. The van der Waals surface area contributed by atoms with Gasteiger partial charge >= 0.3 is 0 Å². The number of nitrogens with zero attached hydrogens (tertiary/aromatic N) is 2. The highest BCUT2D eigenvalue weighted by molar-refractivity contribution is 9.10. The summed E-state index contributed by atoms with van der Waals surface area (Å²) in [5.41, 5.74) is 0.779. The summed E-state index contributed by atoms with van der Waals surface area (Å²) in [7, 11) is 0. The third kappa shape index (κ3) is 4.47. The van der Waals surface area contributed by atoms with Crippen LogP contribution in [0.2, 0.25) is 0 Å². The maximum Gasteiger partial charge on any atom is 0.238 e. The molecule has 0 saturated carbocycles. The lowest BCUT2D eigenvalue weighted by atomic mass is 10.3. The SMILES string of the molecule is CC(Cn1ccnc1)NCC(=O)Nc1ccccc1Br. The maximum absolute atomic E-state index is 11.9. The van der Waals surface area contributed by atoms with Crippen LogP contribution in [0, 0.1) is 0 Å². The van der Waals surface area contributed by atoms with E-state index in [-0.39, 0.29) is 18.5 Å². The van der Waals surface area contributed by atoms with Crippen LogP contribution < -0.4 is 10.6 Å². The quantitative estimate of drug-likeness (QED) is 0.850. The molecular weight excluding hydrogens is 320 g/mol. The molecule has 6 heteroatoms. The first-order valence-electron chi connectivity index (χ1n) is 6.38. The Morgan fingerprint density at radius 2 is 2.25 bits per heavy atom. The van der Waals surface area contributed by atoms with Gasteiger partial charge in [-0.2, -0.15) is 0 Å². The van der Waals surface area contributed by atoms with Crippen LogP contribution in [0.25, 0.3) is 0 Å². The van der Waals surface area contributed by atoms with E-state index in [4.69, 9.17) is 0 Å². The van der Waals surface area contributed by atoms with Crippen LogP contribution >= 0.6 is 15.9 Å². The highest BCUT2D eigenvalue weighted by Gasteiger charge is 2.07. The Hall–Kier alpha value is -1.66. The molecule has 1 heterocycles. The molecular formula is C14H17BrN4O. The van der Waals surface area contributed by atoms with E-state index in [1.54, 1.807) is 12.5 Å². The lowest BCUT2D eigenvalue weighted by Crippen LogP contribution is -2.36. The van der Waals surface area contributed by atoms with Crippen molar-refractivity contribution >= 4 is 27.5 Å². The van der Waals surface area contributed by atoms with Crippen LogP contribution in [-0.4, -0.2) is 28.0 Å². The van der Waals surface area contributed by atoms with E-state index in [1.807, 2.05) is 42.0 Å². The Bertz CT molecular complexity index is 556. The molecule has 2 N–H and O–H groups in total. The Labute approximate surface area is 126 Å². The van der Waals surface area contributed by atoms with Crippen LogP contribution in [0.1, 0.15) is 6.92 Å². The predicted octanol–water partition coefficient (Wildman–Crippen LogP) is 2.26. The summed E-state index contributed by atoms with van der Waals surface area (Å²) in [6, 6.07) is 7.73. The summed E-state index contributed by atoms with van der Waals surface area (Å²) in [5.74, 6) is -0.0608.